The number of carboxylic acids is 1. The summed E-state index contributed by atoms with van der Waals surface area (Å²) in [6.45, 7) is 1.97. The molecule has 34 heavy (non-hydrogen) atoms. The van der Waals surface area contributed by atoms with Crippen LogP contribution in [0.4, 0.5) is 0 Å². The van der Waals surface area contributed by atoms with Gasteiger partial charge in [0, 0.05) is 6.42 Å². The predicted molar refractivity (Wildman–Crippen MR) is 133 cm³/mol. The van der Waals surface area contributed by atoms with Crippen molar-refractivity contribution < 1.29 is 24.3 Å². The van der Waals surface area contributed by atoms with E-state index < -0.39 is 47.9 Å². The number of hydrogen-bond acceptors (Lipinski definition) is 7. The molecule has 0 bridgehead atoms. The first-order chi connectivity index (χ1) is 16.2. The van der Waals surface area contributed by atoms with Crippen LogP contribution < -0.4 is 27.4 Å². The Bertz CT molecular complexity index is 795. The monoisotopic (exact) mass is 495 g/mol. The van der Waals surface area contributed by atoms with Crippen LogP contribution in [0.15, 0.2) is 30.3 Å². The molecule has 1 rings (SSSR count). The van der Waals surface area contributed by atoms with Crippen LogP contribution in [0.2, 0.25) is 0 Å². The van der Waals surface area contributed by atoms with Crippen LogP contribution in [0.1, 0.15) is 38.2 Å². The highest BCUT2D eigenvalue weighted by Crippen LogP contribution is 2.06. The lowest BCUT2D eigenvalue weighted by atomic mass is 10.0. The van der Waals surface area contributed by atoms with E-state index in [0.717, 1.165) is 12.0 Å². The number of thioether (sulfide) groups is 1. The smallest absolute Gasteiger partial charge is 0.326 e. The van der Waals surface area contributed by atoms with E-state index in [9.17, 15) is 24.3 Å². The third kappa shape index (κ3) is 11.0. The molecule has 8 N–H and O–H groups in total. The Morgan fingerprint density at radius 1 is 0.941 bits per heavy atom. The van der Waals surface area contributed by atoms with Crippen molar-refractivity contribution in [3.8, 4) is 0 Å². The highest BCUT2D eigenvalue weighted by Gasteiger charge is 2.28. The largest absolute Gasteiger partial charge is 0.480 e. The maximum atomic E-state index is 13.0. The minimum atomic E-state index is -1.14. The van der Waals surface area contributed by atoms with Crippen molar-refractivity contribution in [2.24, 2.45) is 11.5 Å². The minimum absolute atomic E-state index is 0.202. The van der Waals surface area contributed by atoms with Gasteiger partial charge in [-0.2, -0.15) is 11.8 Å². The molecule has 0 aromatic heterocycles. The molecular formula is C23H37N5O5S. The van der Waals surface area contributed by atoms with Crippen molar-refractivity contribution in [1.82, 2.24) is 16.0 Å². The Hall–Kier alpha value is -2.63. The topological polar surface area (TPSA) is 177 Å². The number of nitrogens with two attached hydrogens (primary N) is 2. The summed E-state index contributed by atoms with van der Waals surface area (Å²) in [7, 11) is 0. The van der Waals surface area contributed by atoms with Crippen LogP contribution in [0, 0.1) is 0 Å². The number of rotatable bonds is 16. The molecule has 10 nitrogen and oxygen atoms in total. The van der Waals surface area contributed by atoms with E-state index in [-0.39, 0.29) is 12.8 Å². The van der Waals surface area contributed by atoms with Crippen molar-refractivity contribution in [2.45, 2.75) is 63.2 Å². The number of unbranched alkanes of at least 4 members (excludes halogenated alkanes) is 1. The summed E-state index contributed by atoms with van der Waals surface area (Å²) in [4.78, 5) is 49.5. The molecule has 0 aliphatic carbocycles. The molecule has 3 amide bonds. The molecule has 0 aliphatic heterocycles. The fraction of sp³-hybridized carbons (Fsp3) is 0.565. The Morgan fingerprint density at radius 2 is 1.59 bits per heavy atom. The van der Waals surface area contributed by atoms with Gasteiger partial charge in [0.1, 0.15) is 18.1 Å². The summed E-state index contributed by atoms with van der Waals surface area (Å²) < 4.78 is 0. The van der Waals surface area contributed by atoms with Crippen molar-refractivity contribution in [3.05, 3.63) is 35.9 Å². The summed E-state index contributed by atoms with van der Waals surface area (Å²) in [6.07, 6.45) is 4.18. The van der Waals surface area contributed by atoms with Crippen LogP contribution in [-0.4, -0.2) is 71.5 Å². The van der Waals surface area contributed by atoms with E-state index in [1.54, 1.807) is 0 Å². The van der Waals surface area contributed by atoms with E-state index in [1.807, 2.05) is 36.6 Å². The highest BCUT2D eigenvalue weighted by molar-refractivity contribution is 7.98. The van der Waals surface area contributed by atoms with Gasteiger partial charge in [0.2, 0.25) is 17.7 Å². The molecule has 1 aromatic rings. The third-order valence-corrected chi connectivity index (χ3v) is 5.84. The average Bonchev–Trinajstić information content (AvgIpc) is 2.81. The molecule has 0 heterocycles. The molecule has 0 radical (unpaired) electrons. The summed E-state index contributed by atoms with van der Waals surface area (Å²) in [5.74, 6) is -2.23. The average molecular weight is 496 g/mol. The summed E-state index contributed by atoms with van der Waals surface area (Å²) in [5.41, 5.74) is 12.3. The van der Waals surface area contributed by atoms with E-state index >= 15 is 0 Å². The Balaban J connectivity index is 2.84. The van der Waals surface area contributed by atoms with E-state index in [1.165, 1.54) is 18.7 Å². The lowest BCUT2D eigenvalue weighted by Crippen LogP contribution is -2.56. The number of carbonyl (C=O) groups is 4. The molecule has 0 saturated carbocycles. The van der Waals surface area contributed by atoms with Crippen LogP contribution in [-0.2, 0) is 25.6 Å². The van der Waals surface area contributed by atoms with Gasteiger partial charge in [-0.05, 0) is 50.3 Å². The quantitative estimate of drug-likeness (QED) is 0.174. The van der Waals surface area contributed by atoms with Gasteiger partial charge in [0.25, 0.3) is 0 Å². The fourth-order valence-corrected chi connectivity index (χ4v) is 3.62. The standard InChI is InChI=1S/C23H37N5O5S/c1-15(20(29)27-18(23(32)33)11-13-34-2)26-22(31)19(14-16-8-4-3-5-9-16)28-21(30)17(25)10-6-7-12-24/h3-5,8-9,15,17-19H,6-7,10-14,24-25H2,1-2H3,(H,26,31)(H,27,29)(H,28,30)(H,32,33). The number of aliphatic carboxylic acids is 1. The molecule has 1 aromatic carbocycles. The van der Waals surface area contributed by atoms with E-state index in [2.05, 4.69) is 16.0 Å². The van der Waals surface area contributed by atoms with Gasteiger partial charge in [0.05, 0.1) is 6.04 Å². The maximum absolute atomic E-state index is 13.0. The number of nitrogens with one attached hydrogen (secondary N) is 3. The second kappa shape index (κ2) is 16.1. The lowest BCUT2D eigenvalue weighted by molar-refractivity contribution is -0.142. The summed E-state index contributed by atoms with van der Waals surface area (Å²) in [6, 6.07) is 5.33. The van der Waals surface area contributed by atoms with Gasteiger partial charge in [0.15, 0.2) is 0 Å². The third-order valence-electron chi connectivity index (χ3n) is 5.20. The molecule has 0 spiro atoms. The van der Waals surface area contributed by atoms with Gasteiger partial charge in [-0.3, -0.25) is 14.4 Å². The Labute approximate surface area is 205 Å². The first-order valence-electron chi connectivity index (χ1n) is 11.3. The number of carboxylic acid groups (broad SMARTS) is 1. The van der Waals surface area contributed by atoms with Crippen LogP contribution in [0.5, 0.6) is 0 Å². The van der Waals surface area contributed by atoms with Crippen LogP contribution >= 0.6 is 11.8 Å². The van der Waals surface area contributed by atoms with Gasteiger partial charge in [-0.1, -0.05) is 36.8 Å². The second-order valence-corrected chi connectivity index (χ2v) is 9.04. The zero-order chi connectivity index (χ0) is 25.5. The first-order valence-corrected chi connectivity index (χ1v) is 12.7. The molecule has 11 heteroatoms. The van der Waals surface area contributed by atoms with Gasteiger partial charge >= 0.3 is 5.97 Å². The maximum Gasteiger partial charge on any atom is 0.326 e. The second-order valence-electron chi connectivity index (χ2n) is 8.05. The highest BCUT2D eigenvalue weighted by atomic mass is 32.2. The number of hydrogen-bond donors (Lipinski definition) is 6. The molecule has 0 saturated heterocycles. The Kier molecular flexibility index (Phi) is 13.9. The van der Waals surface area contributed by atoms with Crippen molar-refractivity contribution in [1.29, 1.82) is 0 Å². The zero-order valence-corrected chi connectivity index (χ0v) is 20.6. The van der Waals surface area contributed by atoms with Gasteiger partial charge < -0.3 is 32.5 Å². The molecule has 4 unspecified atom stereocenters. The number of carbonyl (C=O) groups excluding carboxylic acids is 3. The van der Waals surface area contributed by atoms with Crippen molar-refractivity contribution in [2.75, 3.05) is 18.6 Å². The number of benzene rings is 1. The van der Waals surface area contributed by atoms with Crippen LogP contribution in [0.25, 0.3) is 0 Å². The summed E-state index contributed by atoms with van der Waals surface area (Å²) >= 11 is 1.47. The van der Waals surface area contributed by atoms with Crippen LogP contribution in [0.3, 0.4) is 0 Å². The molecule has 190 valence electrons. The normalized spacial score (nSPS) is 14.4. The van der Waals surface area contributed by atoms with Gasteiger partial charge in [-0.15, -0.1) is 0 Å². The molecular weight excluding hydrogens is 458 g/mol. The first kappa shape index (κ1) is 29.4. The summed E-state index contributed by atoms with van der Waals surface area (Å²) in [5, 5.41) is 17.0. The molecule has 0 aliphatic rings. The molecule has 0 fully saturated rings. The van der Waals surface area contributed by atoms with E-state index in [0.29, 0.717) is 25.1 Å². The lowest BCUT2D eigenvalue weighted by Gasteiger charge is -2.23. The minimum Gasteiger partial charge on any atom is -0.480 e. The Morgan fingerprint density at radius 3 is 2.18 bits per heavy atom. The fourth-order valence-electron chi connectivity index (χ4n) is 3.15. The molecule has 4 atom stereocenters. The van der Waals surface area contributed by atoms with E-state index in [4.69, 9.17) is 11.5 Å². The number of amides is 3. The van der Waals surface area contributed by atoms with Gasteiger partial charge in [-0.25, -0.2) is 4.79 Å². The van der Waals surface area contributed by atoms with Crippen molar-refractivity contribution >= 4 is 35.5 Å². The zero-order valence-electron chi connectivity index (χ0n) is 19.8. The SMILES string of the molecule is CSCCC(NC(=O)C(C)NC(=O)C(Cc1ccccc1)NC(=O)C(N)CCCCN)C(=O)O. The predicted octanol–water partition coefficient (Wildman–Crippen LogP) is -0.00260. The van der Waals surface area contributed by atoms with Crippen molar-refractivity contribution in [3.63, 3.8) is 0 Å².